The van der Waals surface area contributed by atoms with E-state index in [0.717, 1.165) is 6.42 Å². The molecule has 0 aromatic carbocycles. The molecule has 1 aliphatic rings. The molecule has 0 heteroatoms. The lowest BCUT2D eigenvalue weighted by molar-refractivity contribution is 1.21. The Balaban J connectivity index is 2.71. The van der Waals surface area contributed by atoms with Gasteiger partial charge in [0.15, 0.2) is 0 Å². The summed E-state index contributed by atoms with van der Waals surface area (Å²) in [5, 5.41) is 0. The van der Waals surface area contributed by atoms with E-state index < -0.39 is 0 Å². The summed E-state index contributed by atoms with van der Waals surface area (Å²) >= 11 is 0. The normalized spacial score (nSPS) is 15.3. The molecule has 0 saturated carbocycles. The summed E-state index contributed by atoms with van der Waals surface area (Å²) in [6, 6.07) is 0. The lowest BCUT2D eigenvalue weighted by Gasteiger charge is -1.94. The van der Waals surface area contributed by atoms with Crippen LogP contribution in [0.2, 0.25) is 0 Å². The Morgan fingerprint density at radius 3 is 2.55 bits per heavy atom. The van der Waals surface area contributed by atoms with E-state index in [1.54, 1.807) is 0 Å². The van der Waals surface area contributed by atoms with Crippen LogP contribution in [0.4, 0.5) is 0 Å². The van der Waals surface area contributed by atoms with Crippen molar-refractivity contribution in [2.75, 3.05) is 0 Å². The SMILES string of the molecule is CCC=CC(C)=C1C=CC=C1. The van der Waals surface area contributed by atoms with Crippen molar-refractivity contribution in [3.05, 3.63) is 47.6 Å². The Morgan fingerprint density at radius 1 is 1.36 bits per heavy atom. The number of hydrogen-bond donors (Lipinski definition) is 0. The average Bonchev–Trinajstić information content (AvgIpc) is 2.52. The van der Waals surface area contributed by atoms with Gasteiger partial charge >= 0.3 is 0 Å². The Morgan fingerprint density at radius 2 is 2.00 bits per heavy atom. The van der Waals surface area contributed by atoms with Crippen LogP contribution in [0.25, 0.3) is 0 Å². The largest absolute Gasteiger partial charge is 0.0845 e. The first-order valence-electron chi connectivity index (χ1n) is 4.06. The maximum absolute atomic E-state index is 2.18. The molecule has 0 atom stereocenters. The molecular weight excluding hydrogens is 132 g/mol. The van der Waals surface area contributed by atoms with Gasteiger partial charge in [-0.3, -0.25) is 0 Å². The number of allylic oxidation sites excluding steroid dienone is 8. The van der Waals surface area contributed by atoms with Crippen LogP contribution in [0, 0.1) is 0 Å². The molecule has 0 radical (unpaired) electrons. The fourth-order valence-electron chi connectivity index (χ4n) is 1.03. The van der Waals surface area contributed by atoms with Gasteiger partial charge in [0.05, 0.1) is 0 Å². The van der Waals surface area contributed by atoms with E-state index in [9.17, 15) is 0 Å². The van der Waals surface area contributed by atoms with Gasteiger partial charge in [0.1, 0.15) is 0 Å². The molecule has 0 spiro atoms. The van der Waals surface area contributed by atoms with E-state index in [0.29, 0.717) is 0 Å². The van der Waals surface area contributed by atoms with E-state index in [4.69, 9.17) is 0 Å². The second-order valence-electron chi connectivity index (χ2n) is 2.67. The van der Waals surface area contributed by atoms with Gasteiger partial charge in [0, 0.05) is 0 Å². The molecule has 0 unspecified atom stereocenters. The van der Waals surface area contributed by atoms with Crippen LogP contribution in [0.15, 0.2) is 47.6 Å². The molecule has 0 aromatic heterocycles. The molecule has 11 heavy (non-hydrogen) atoms. The second-order valence-corrected chi connectivity index (χ2v) is 2.67. The monoisotopic (exact) mass is 146 g/mol. The highest BCUT2D eigenvalue weighted by molar-refractivity contribution is 5.45. The highest BCUT2D eigenvalue weighted by Gasteiger charge is 1.93. The predicted octanol–water partition coefficient (Wildman–Crippen LogP) is 3.40. The van der Waals surface area contributed by atoms with Crippen LogP contribution in [-0.4, -0.2) is 0 Å². The molecule has 58 valence electrons. The zero-order chi connectivity index (χ0) is 8.10. The summed E-state index contributed by atoms with van der Waals surface area (Å²) in [6.45, 7) is 4.29. The van der Waals surface area contributed by atoms with Crippen molar-refractivity contribution in [2.24, 2.45) is 0 Å². The molecule has 0 nitrogen and oxygen atoms in total. The van der Waals surface area contributed by atoms with Crippen molar-refractivity contribution in [3.8, 4) is 0 Å². The summed E-state index contributed by atoms with van der Waals surface area (Å²) in [6.07, 6.45) is 13.9. The molecule has 0 bridgehead atoms. The zero-order valence-electron chi connectivity index (χ0n) is 7.17. The average molecular weight is 146 g/mol. The summed E-state index contributed by atoms with van der Waals surface area (Å²) in [7, 11) is 0. The van der Waals surface area contributed by atoms with Crippen molar-refractivity contribution < 1.29 is 0 Å². The van der Waals surface area contributed by atoms with Crippen LogP contribution in [0.1, 0.15) is 20.3 Å². The minimum Gasteiger partial charge on any atom is -0.0845 e. The van der Waals surface area contributed by atoms with Gasteiger partial charge in [-0.05, 0) is 24.5 Å². The van der Waals surface area contributed by atoms with Gasteiger partial charge in [-0.15, -0.1) is 0 Å². The minimum atomic E-state index is 1.11. The predicted molar refractivity (Wildman–Crippen MR) is 50.4 cm³/mol. The van der Waals surface area contributed by atoms with Crippen LogP contribution in [0.5, 0.6) is 0 Å². The van der Waals surface area contributed by atoms with Crippen molar-refractivity contribution in [3.63, 3.8) is 0 Å². The second kappa shape index (κ2) is 3.97. The highest BCUT2D eigenvalue weighted by Crippen LogP contribution is 2.13. The molecule has 0 heterocycles. The maximum atomic E-state index is 2.18. The van der Waals surface area contributed by atoms with Gasteiger partial charge in [0.2, 0.25) is 0 Å². The molecule has 0 N–H and O–H groups in total. The van der Waals surface area contributed by atoms with E-state index in [1.807, 2.05) is 0 Å². The molecule has 0 aliphatic heterocycles. The molecule has 1 aliphatic carbocycles. The third-order valence-electron chi connectivity index (χ3n) is 1.72. The number of rotatable bonds is 2. The molecule has 0 amide bonds. The van der Waals surface area contributed by atoms with E-state index in [2.05, 4.69) is 50.3 Å². The topological polar surface area (TPSA) is 0 Å². The van der Waals surface area contributed by atoms with E-state index in [-0.39, 0.29) is 0 Å². The number of hydrogen-bond acceptors (Lipinski definition) is 0. The lowest BCUT2D eigenvalue weighted by atomic mass is 10.1. The smallest absolute Gasteiger partial charge is 0.0227 e. The fourth-order valence-corrected chi connectivity index (χ4v) is 1.03. The third kappa shape index (κ3) is 2.23. The molecule has 0 saturated heterocycles. The van der Waals surface area contributed by atoms with Gasteiger partial charge in [-0.25, -0.2) is 0 Å². The van der Waals surface area contributed by atoms with Crippen molar-refractivity contribution in [1.29, 1.82) is 0 Å². The first-order chi connectivity index (χ1) is 5.34. The van der Waals surface area contributed by atoms with Gasteiger partial charge < -0.3 is 0 Å². The fraction of sp³-hybridized carbons (Fsp3) is 0.273. The lowest BCUT2D eigenvalue weighted by Crippen LogP contribution is -1.74. The van der Waals surface area contributed by atoms with Crippen LogP contribution >= 0.6 is 0 Å². The molecule has 1 rings (SSSR count). The van der Waals surface area contributed by atoms with Crippen molar-refractivity contribution >= 4 is 0 Å². The maximum Gasteiger partial charge on any atom is -0.0227 e. The molecule has 0 aromatic rings. The van der Waals surface area contributed by atoms with Crippen LogP contribution in [-0.2, 0) is 0 Å². The van der Waals surface area contributed by atoms with Gasteiger partial charge in [-0.1, -0.05) is 43.4 Å². The van der Waals surface area contributed by atoms with Crippen LogP contribution in [0.3, 0.4) is 0 Å². The van der Waals surface area contributed by atoms with Gasteiger partial charge in [0.25, 0.3) is 0 Å². The summed E-state index contributed by atoms with van der Waals surface area (Å²) in [4.78, 5) is 0. The van der Waals surface area contributed by atoms with E-state index in [1.165, 1.54) is 11.1 Å². The first-order valence-corrected chi connectivity index (χ1v) is 4.06. The van der Waals surface area contributed by atoms with Crippen molar-refractivity contribution in [1.82, 2.24) is 0 Å². The Hall–Kier alpha value is -1.04. The highest BCUT2D eigenvalue weighted by atomic mass is 14.0. The quantitative estimate of drug-likeness (QED) is 0.560. The third-order valence-corrected chi connectivity index (χ3v) is 1.72. The van der Waals surface area contributed by atoms with Crippen LogP contribution < -0.4 is 0 Å². The summed E-state index contributed by atoms with van der Waals surface area (Å²) in [5.41, 5.74) is 2.67. The Bertz CT molecular complexity index is 223. The van der Waals surface area contributed by atoms with Crippen molar-refractivity contribution in [2.45, 2.75) is 20.3 Å². The first kappa shape index (κ1) is 8.06. The van der Waals surface area contributed by atoms with Gasteiger partial charge in [-0.2, -0.15) is 0 Å². The minimum absolute atomic E-state index is 1.11. The van der Waals surface area contributed by atoms with E-state index >= 15 is 0 Å². The standard InChI is InChI=1S/C11H14/c1-3-4-7-10(2)11-8-5-6-9-11/h4-9H,3H2,1-2H3. The summed E-state index contributed by atoms with van der Waals surface area (Å²) < 4.78 is 0. The Kier molecular flexibility index (Phi) is 2.91. The molecular formula is C11H14. The zero-order valence-corrected chi connectivity index (χ0v) is 7.17. The summed E-state index contributed by atoms with van der Waals surface area (Å²) in [5.74, 6) is 0. The Labute approximate surface area is 68.6 Å². The molecule has 0 fully saturated rings.